The highest BCUT2D eigenvalue weighted by Gasteiger charge is 2.38. The van der Waals surface area contributed by atoms with Gasteiger partial charge in [-0.1, -0.05) is 80.6 Å². The average molecular weight is 497 g/mol. The number of thiophene rings is 1. The van der Waals surface area contributed by atoms with Crippen LogP contribution < -0.4 is 4.90 Å². The first-order valence-electron chi connectivity index (χ1n) is 12.6. The topological polar surface area (TPSA) is 34.0 Å². The molecule has 0 aliphatic carbocycles. The minimum atomic E-state index is -0.0925. The number of anilines is 2. The van der Waals surface area contributed by atoms with Crippen LogP contribution in [0.5, 0.6) is 0 Å². The van der Waals surface area contributed by atoms with Gasteiger partial charge in [-0.15, -0.1) is 11.3 Å². The minimum Gasteiger partial charge on any atom is -0.343 e. The highest BCUT2D eigenvalue weighted by atomic mass is 32.1. The number of nitrogens with zero attached hydrogens (tertiary/aromatic N) is 4. The molecule has 178 valence electrons. The number of hydrogen-bond acceptors (Lipinski definition) is 4. The normalized spacial score (nSPS) is 14.5. The van der Waals surface area contributed by atoms with E-state index >= 15 is 0 Å². The molecule has 0 saturated carbocycles. The highest BCUT2D eigenvalue weighted by Crippen LogP contribution is 2.56. The van der Waals surface area contributed by atoms with E-state index in [2.05, 4.69) is 103 Å². The van der Waals surface area contributed by atoms with Crippen molar-refractivity contribution in [3.05, 3.63) is 102 Å². The van der Waals surface area contributed by atoms with Gasteiger partial charge in [-0.25, -0.2) is 9.97 Å². The van der Waals surface area contributed by atoms with E-state index in [0.29, 0.717) is 5.95 Å². The van der Waals surface area contributed by atoms with Gasteiger partial charge in [-0.2, -0.15) is 0 Å². The van der Waals surface area contributed by atoms with Gasteiger partial charge in [-0.3, -0.25) is 4.57 Å². The molecule has 0 N–H and O–H groups in total. The summed E-state index contributed by atoms with van der Waals surface area (Å²) in [5.41, 5.74) is 7.12. The van der Waals surface area contributed by atoms with E-state index in [1.54, 1.807) is 0 Å². The van der Waals surface area contributed by atoms with E-state index in [4.69, 9.17) is 9.97 Å². The molecule has 37 heavy (non-hydrogen) atoms. The number of benzene rings is 4. The fraction of sp³-hybridized carbons (Fsp3) is 0.125. The number of rotatable bonds is 1. The van der Waals surface area contributed by atoms with Crippen LogP contribution in [-0.4, -0.2) is 21.6 Å². The molecule has 0 atom stereocenters. The molecule has 0 spiro atoms. The van der Waals surface area contributed by atoms with Crippen LogP contribution in [0.15, 0.2) is 91.1 Å². The number of hydrogen-bond donors (Lipinski definition) is 0. The molecule has 4 nitrogen and oxygen atoms in total. The summed E-state index contributed by atoms with van der Waals surface area (Å²) >= 11 is 1.91. The lowest BCUT2D eigenvalue weighted by molar-refractivity contribution is 0.645. The van der Waals surface area contributed by atoms with Crippen molar-refractivity contribution < 1.29 is 0 Å². The van der Waals surface area contributed by atoms with Gasteiger partial charge in [0.15, 0.2) is 0 Å². The van der Waals surface area contributed by atoms with Crippen LogP contribution in [-0.2, 0) is 5.41 Å². The Morgan fingerprint density at radius 2 is 1.54 bits per heavy atom. The lowest BCUT2D eigenvalue weighted by Gasteiger charge is -2.38. The molecule has 0 amide bonds. The molecular formula is C32H24N4S. The second-order valence-corrected chi connectivity index (χ2v) is 11.4. The molecule has 1 aliphatic rings. The Balaban J connectivity index is 1.53. The summed E-state index contributed by atoms with van der Waals surface area (Å²) < 4.78 is 3.55. The zero-order valence-corrected chi connectivity index (χ0v) is 21.7. The highest BCUT2D eigenvalue weighted by molar-refractivity contribution is 7.21. The summed E-state index contributed by atoms with van der Waals surface area (Å²) in [5.74, 6) is 0.708. The molecule has 1 aliphatic heterocycles. The van der Waals surface area contributed by atoms with Gasteiger partial charge in [0, 0.05) is 50.8 Å². The average Bonchev–Trinajstić information content (AvgIpc) is 3.49. The largest absolute Gasteiger partial charge is 0.343 e. The van der Waals surface area contributed by atoms with Crippen LogP contribution in [0.3, 0.4) is 0 Å². The molecule has 0 fully saturated rings. The van der Waals surface area contributed by atoms with Crippen LogP contribution in [0.2, 0.25) is 0 Å². The van der Waals surface area contributed by atoms with Crippen molar-refractivity contribution in [2.24, 2.45) is 0 Å². The Morgan fingerprint density at radius 3 is 2.46 bits per heavy atom. The Labute approximate surface area is 218 Å². The molecule has 8 rings (SSSR count). The van der Waals surface area contributed by atoms with Crippen molar-refractivity contribution in [3.8, 4) is 5.95 Å². The lowest BCUT2D eigenvalue weighted by atomic mass is 9.78. The standard InChI is InChI=1S/C32H24N4S/c1-32(2)23-12-6-9-15-26(23)35(3)28-22-17-16-21-20-11-5-8-14-25(20)36(27(21)29(22)37-30(28)32)31-33-18-19-10-4-7-13-24(19)34-31/h4-18H,1-3H3. The van der Waals surface area contributed by atoms with Gasteiger partial charge >= 0.3 is 0 Å². The van der Waals surface area contributed by atoms with E-state index < -0.39 is 0 Å². The summed E-state index contributed by atoms with van der Waals surface area (Å²) in [6, 6.07) is 30.2. The quantitative estimate of drug-likeness (QED) is 0.229. The van der Waals surface area contributed by atoms with Crippen molar-refractivity contribution >= 4 is 65.5 Å². The van der Waals surface area contributed by atoms with Gasteiger partial charge < -0.3 is 4.90 Å². The smallest absolute Gasteiger partial charge is 0.235 e. The third-order valence-corrected chi connectivity index (χ3v) is 9.51. The first-order chi connectivity index (χ1) is 18.0. The summed E-state index contributed by atoms with van der Waals surface area (Å²) in [6.45, 7) is 4.71. The van der Waals surface area contributed by atoms with Crippen molar-refractivity contribution in [1.29, 1.82) is 0 Å². The molecule has 0 bridgehead atoms. The van der Waals surface area contributed by atoms with E-state index in [1.165, 1.54) is 48.2 Å². The molecule has 4 aromatic carbocycles. The molecule has 0 radical (unpaired) electrons. The Hall–Kier alpha value is -4.22. The zero-order chi connectivity index (χ0) is 24.9. The van der Waals surface area contributed by atoms with E-state index in [1.807, 2.05) is 29.7 Å². The van der Waals surface area contributed by atoms with Gasteiger partial charge in [0.2, 0.25) is 5.95 Å². The predicted molar refractivity (Wildman–Crippen MR) is 156 cm³/mol. The minimum absolute atomic E-state index is 0.0925. The van der Waals surface area contributed by atoms with Crippen molar-refractivity contribution in [3.63, 3.8) is 0 Å². The summed E-state index contributed by atoms with van der Waals surface area (Å²) in [4.78, 5) is 13.7. The van der Waals surface area contributed by atoms with E-state index in [9.17, 15) is 0 Å². The second-order valence-electron chi connectivity index (χ2n) is 10.4. The molecular weight excluding hydrogens is 472 g/mol. The van der Waals surface area contributed by atoms with Crippen molar-refractivity contribution in [2.75, 3.05) is 11.9 Å². The maximum atomic E-state index is 5.03. The molecule has 4 heterocycles. The predicted octanol–water partition coefficient (Wildman–Crippen LogP) is 8.35. The number of aromatic nitrogens is 3. The van der Waals surface area contributed by atoms with Gasteiger partial charge in [0.05, 0.1) is 26.9 Å². The van der Waals surface area contributed by atoms with Gasteiger partial charge in [0.1, 0.15) is 0 Å². The number of fused-ring (bicyclic) bond motifs is 9. The molecule has 3 aromatic heterocycles. The number of para-hydroxylation sites is 3. The summed E-state index contributed by atoms with van der Waals surface area (Å²) in [7, 11) is 2.20. The third kappa shape index (κ3) is 2.67. The Bertz CT molecular complexity index is 2050. The molecule has 5 heteroatoms. The van der Waals surface area contributed by atoms with Crippen LogP contribution in [0.25, 0.3) is 48.7 Å². The fourth-order valence-electron chi connectivity index (χ4n) is 6.16. The third-order valence-electron chi connectivity index (χ3n) is 7.98. The first kappa shape index (κ1) is 20.9. The molecule has 7 aromatic rings. The van der Waals surface area contributed by atoms with Crippen molar-refractivity contribution in [1.82, 2.24) is 14.5 Å². The first-order valence-corrected chi connectivity index (χ1v) is 13.4. The van der Waals surface area contributed by atoms with Crippen LogP contribution >= 0.6 is 11.3 Å². The van der Waals surface area contributed by atoms with Gasteiger partial charge in [0.25, 0.3) is 0 Å². The van der Waals surface area contributed by atoms with Crippen LogP contribution in [0.1, 0.15) is 24.3 Å². The van der Waals surface area contributed by atoms with E-state index in [-0.39, 0.29) is 5.41 Å². The SMILES string of the molecule is CN1c2ccccc2C(C)(C)c2sc3c(ccc4c5ccccc5n(-c5ncc6ccccc6n5)c43)c21. The molecule has 0 saturated heterocycles. The Kier molecular flexibility index (Phi) is 4.06. The van der Waals surface area contributed by atoms with Crippen molar-refractivity contribution in [2.45, 2.75) is 19.3 Å². The summed E-state index contributed by atoms with van der Waals surface area (Å²) in [5, 5.41) is 4.78. The maximum Gasteiger partial charge on any atom is 0.235 e. The van der Waals surface area contributed by atoms with Crippen LogP contribution in [0.4, 0.5) is 11.4 Å². The lowest BCUT2D eigenvalue weighted by Crippen LogP contribution is -2.29. The Morgan fingerprint density at radius 1 is 0.784 bits per heavy atom. The van der Waals surface area contributed by atoms with Crippen LogP contribution in [0, 0.1) is 0 Å². The second kappa shape index (κ2) is 7.17. The van der Waals surface area contributed by atoms with E-state index in [0.717, 1.165) is 16.4 Å². The maximum absolute atomic E-state index is 5.03. The fourth-order valence-corrected chi connectivity index (χ4v) is 7.65. The molecule has 0 unspecified atom stereocenters. The van der Waals surface area contributed by atoms with Gasteiger partial charge in [-0.05, 0) is 23.8 Å². The monoisotopic (exact) mass is 496 g/mol. The zero-order valence-electron chi connectivity index (χ0n) is 20.9. The summed E-state index contributed by atoms with van der Waals surface area (Å²) in [6.07, 6.45) is 1.94.